The van der Waals surface area contributed by atoms with E-state index in [4.69, 9.17) is 4.74 Å². The van der Waals surface area contributed by atoms with Crippen LogP contribution < -0.4 is 57.0 Å². The average molecular weight is 323 g/mol. The van der Waals surface area contributed by atoms with Gasteiger partial charge < -0.3 is 17.7 Å². The van der Waals surface area contributed by atoms with Crippen LogP contribution in [0.15, 0.2) is 30.3 Å². The maximum absolute atomic E-state index is 13.1. The summed E-state index contributed by atoms with van der Waals surface area (Å²) in [5.74, 6) is 0. The van der Waals surface area contributed by atoms with E-state index in [0.717, 1.165) is 6.07 Å². The second-order valence-corrected chi connectivity index (χ2v) is 5.52. The summed E-state index contributed by atoms with van der Waals surface area (Å²) in [6.45, 7) is -0.489. The monoisotopic (exact) mass is 323 g/mol. The quantitative estimate of drug-likeness (QED) is 0.715. The van der Waals surface area contributed by atoms with Crippen LogP contribution in [0.2, 0.25) is 0 Å². The molecule has 21 heavy (non-hydrogen) atoms. The number of rotatable bonds is 1. The summed E-state index contributed by atoms with van der Waals surface area (Å²) in [5.41, 5.74) is -1.64. The van der Waals surface area contributed by atoms with Gasteiger partial charge in [0.1, 0.15) is 5.60 Å². The van der Waals surface area contributed by atoms with E-state index in [0.29, 0.717) is 9.95 Å². The van der Waals surface area contributed by atoms with Crippen molar-refractivity contribution in [2.24, 2.45) is 0 Å². The molecule has 2 aromatic rings. The van der Waals surface area contributed by atoms with Crippen LogP contribution in [0.4, 0.5) is 17.7 Å². The first-order valence-corrected chi connectivity index (χ1v) is 6.13. The van der Waals surface area contributed by atoms with E-state index in [9.17, 15) is 17.7 Å². The van der Waals surface area contributed by atoms with Gasteiger partial charge in [0.15, 0.2) is 0 Å². The summed E-state index contributed by atoms with van der Waals surface area (Å²) in [4.78, 5) is 12.1. The standard InChI is InChI=1S/C13H14BF3NO2.K/c1-13(2,3)20-12(19)18-10-7-5-4-6-9(10)8-11(18)14(15,16)17;/h4-8H,1-3H3;/q-1;+1. The molecular formula is C13H14BF3KNO2. The van der Waals surface area contributed by atoms with Gasteiger partial charge in [-0.15, -0.1) is 0 Å². The third kappa shape index (κ3) is 4.35. The Morgan fingerprint density at radius 1 is 1.19 bits per heavy atom. The van der Waals surface area contributed by atoms with Crippen molar-refractivity contribution in [3.63, 3.8) is 0 Å². The van der Waals surface area contributed by atoms with Gasteiger partial charge in [-0.2, -0.15) is 0 Å². The van der Waals surface area contributed by atoms with Gasteiger partial charge in [0, 0.05) is 0 Å². The van der Waals surface area contributed by atoms with Crippen molar-refractivity contribution >= 4 is 29.6 Å². The van der Waals surface area contributed by atoms with E-state index >= 15 is 0 Å². The van der Waals surface area contributed by atoms with Crippen molar-refractivity contribution in [2.75, 3.05) is 0 Å². The third-order valence-electron chi connectivity index (χ3n) is 2.65. The zero-order valence-corrected chi connectivity index (χ0v) is 15.5. The van der Waals surface area contributed by atoms with Gasteiger partial charge in [0.05, 0.1) is 5.52 Å². The molecular weight excluding hydrogens is 309 g/mol. The molecule has 0 amide bonds. The number of para-hydroxylation sites is 1. The van der Waals surface area contributed by atoms with Crippen LogP contribution >= 0.6 is 0 Å². The van der Waals surface area contributed by atoms with Gasteiger partial charge in [-0.3, -0.25) is 4.57 Å². The molecule has 0 N–H and O–H groups in total. The fourth-order valence-electron chi connectivity index (χ4n) is 1.93. The van der Waals surface area contributed by atoms with E-state index in [1.165, 1.54) is 12.1 Å². The minimum absolute atomic E-state index is 0. The zero-order valence-electron chi connectivity index (χ0n) is 12.4. The van der Waals surface area contributed by atoms with E-state index in [-0.39, 0.29) is 56.9 Å². The number of ether oxygens (including phenoxy) is 1. The Labute approximate surface area is 163 Å². The third-order valence-corrected chi connectivity index (χ3v) is 2.65. The molecule has 0 aliphatic rings. The van der Waals surface area contributed by atoms with Crippen LogP contribution in [0.5, 0.6) is 0 Å². The van der Waals surface area contributed by atoms with Crippen LogP contribution in [0.25, 0.3) is 10.9 Å². The van der Waals surface area contributed by atoms with E-state index in [1.54, 1.807) is 32.9 Å². The number of fused-ring (bicyclic) bond motifs is 1. The minimum atomic E-state index is -5.31. The summed E-state index contributed by atoms with van der Waals surface area (Å²) in [6, 6.07) is 7.16. The van der Waals surface area contributed by atoms with Crippen molar-refractivity contribution in [1.82, 2.24) is 4.57 Å². The molecule has 0 fully saturated rings. The van der Waals surface area contributed by atoms with E-state index in [1.807, 2.05) is 0 Å². The number of carbonyl (C=O) groups excluding carboxylic acids is 1. The van der Waals surface area contributed by atoms with Crippen molar-refractivity contribution in [1.29, 1.82) is 0 Å². The summed E-state index contributed by atoms with van der Waals surface area (Å²) < 4.78 is 45.0. The Kier molecular flexibility index (Phi) is 5.77. The molecule has 0 saturated carbocycles. The minimum Gasteiger partial charge on any atom is -0.444 e. The second kappa shape index (κ2) is 6.46. The number of halogens is 3. The second-order valence-electron chi connectivity index (χ2n) is 5.52. The molecule has 1 aromatic carbocycles. The smallest absolute Gasteiger partial charge is 0.444 e. The molecule has 0 aliphatic heterocycles. The summed E-state index contributed by atoms with van der Waals surface area (Å²) in [7, 11) is 0. The Hall–Kier alpha value is -0.279. The molecule has 0 aliphatic carbocycles. The predicted molar refractivity (Wildman–Crippen MR) is 72.3 cm³/mol. The number of nitrogens with zero attached hydrogens (tertiary/aromatic N) is 1. The largest absolute Gasteiger partial charge is 1.00 e. The van der Waals surface area contributed by atoms with Crippen LogP contribution in [0.3, 0.4) is 0 Å². The molecule has 3 nitrogen and oxygen atoms in total. The van der Waals surface area contributed by atoms with Gasteiger partial charge in [0.25, 0.3) is 0 Å². The molecule has 0 atom stereocenters. The van der Waals surface area contributed by atoms with Crippen molar-refractivity contribution in [2.45, 2.75) is 26.4 Å². The molecule has 0 radical (unpaired) electrons. The van der Waals surface area contributed by atoms with Crippen LogP contribution in [-0.2, 0) is 4.74 Å². The zero-order chi connectivity index (χ0) is 15.1. The maximum Gasteiger partial charge on any atom is 1.00 e. The summed E-state index contributed by atoms with van der Waals surface area (Å²) in [6.07, 6.45) is -1.02. The fraction of sp³-hybridized carbons (Fsp3) is 0.308. The van der Waals surface area contributed by atoms with Crippen molar-refractivity contribution < 1.29 is 73.9 Å². The first kappa shape index (κ1) is 18.8. The van der Waals surface area contributed by atoms with Gasteiger partial charge >= 0.3 is 64.5 Å². The maximum atomic E-state index is 13.1. The SMILES string of the molecule is CC(C)(C)OC(=O)n1c([B-](F)(F)F)cc2ccccc21.[K+]. The fourth-order valence-corrected chi connectivity index (χ4v) is 1.93. The molecule has 0 saturated heterocycles. The van der Waals surface area contributed by atoms with Crippen molar-refractivity contribution in [3.05, 3.63) is 30.3 Å². The van der Waals surface area contributed by atoms with Crippen molar-refractivity contribution in [3.8, 4) is 0 Å². The molecule has 0 bridgehead atoms. The molecule has 0 unspecified atom stereocenters. The molecule has 1 aromatic heterocycles. The Morgan fingerprint density at radius 3 is 2.29 bits per heavy atom. The first-order chi connectivity index (χ1) is 9.09. The van der Waals surface area contributed by atoms with E-state index < -0.39 is 24.3 Å². The molecule has 0 spiro atoms. The van der Waals surface area contributed by atoms with Gasteiger partial charge in [-0.05, 0) is 37.8 Å². The molecule has 1 heterocycles. The Bertz CT molecular complexity index is 661. The molecule has 2 rings (SSSR count). The molecule has 108 valence electrons. The number of benzene rings is 1. The number of hydrogen-bond acceptors (Lipinski definition) is 2. The van der Waals surface area contributed by atoms with Crippen LogP contribution in [-0.4, -0.2) is 23.2 Å². The van der Waals surface area contributed by atoms with Gasteiger partial charge in [-0.1, -0.05) is 24.3 Å². The molecule has 8 heteroatoms. The average Bonchev–Trinajstić information content (AvgIpc) is 2.65. The Balaban J connectivity index is 0.00000220. The van der Waals surface area contributed by atoms with E-state index in [2.05, 4.69) is 0 Å². The summed E-state index contributed by atoms with van der Waals surface area (Å²) >= 11 is 0. The number of hydrogen-bond donors (Lipinski definition) is 0. The number of carbonyl (C=O) groups is 1. The van der Waals surface area contributed by atoms with Crippen LogP contribution in [0.1, 0.15) is 20.8 Å². The summed E-state index contributed by atoms with van der Waals surface area (Å²) in [5, 5.41) is 0.354. The first-order valence-electron chi connectivity index (χ1n) is 6.13. The predicted octanol–water partition coefficient (Wildman–Crippen LogP) is 0.483. The Morgan fingerprint density at radius 2 is 1.76 bits per heavy atom. The topological polar surface area (TPSA) is 31.2 Å². The van der Waals surface area contributed by atoms with Gasteiger partial charge in [0.2, 0.25) is 0 Å². The van der Waals surface area contributed by atoms with Crippen LogP contribution in [0, 0.1) is 0 Å². The normalized spacial score (nSPS) is 12.1. The number of aromatic nitrogens is 1. The van der Waals surface area contributed by atoms with Gasteiger partial charge in [-0.25, -0.2) is 4.79 Å².